The van der Waals surface area contributed by atoms with Gasteiger partial charge in [0.2, 0.25) is 0 Å². The Hall–Kier alpha value is -1.03. The number of fused-ring (bicyclic) bond motifs is 1. The van der Waals surface area contributed by atoms with Crippen molar-refractivity contribution >= 4 is 34.1 Å². The minimum Gasteiger partial charge on any atom is -0.485 e. The fraction of sp³-hybridized carbons (Fsp3) is 0.357. The van der Waals surface area contributed by atoms with E-state index in [0.717, 1.165) is 23.1 Å². The molecule has 3 atom stereocenters. The van der Waals surface area contributed by atoms with E-state index in [9.17, 15) is 0 Å². The fourth-order valence-corrected chi connectivity index (χ4v) is 2.97. The van der Waals surface area contributed by atoms with Gasteiger partial charge in [-0.2, -0.15) is 0 Å². The molecule has 19 heavy (non-hydrogen) atoms. The molecular weight excluding hydrogens is 285 g/mol. The summed E-state index contributed by atoms with van der Waals surface area (Å²) in [6.07, 6.45) is 2.40. The fourth-order valence-electron chi connectivity index (χ4n) is 2.31. The molecule has 1 aliphatic rings. The lowest BCUT2D eigenvalue weighted by atomic mass is 9.91. The van der Waals surface area contributed by atoms with Gasteiger partial charge in [0.15, 0.2) is 0 Å². The molecule has 0 spiro atoms. The summed E-state index contributed by atoms with van der Waals surface area (Å²) in [4.78, 5) is 4.34. The third-order valence-electron chi connectivity index (χ3n) is 3.41. The number of pyridine rings is 1. The summed E-state index contributed by atoms with van der Waals surface area (Å²) < 4.78 is 11.3. The molecule has 1 aromatic carbocycles. The molecule has 3 rings (SSSR count). The lowest BCUT2D eigenvalue weighted by Crippen LogP contribution is -2.52. The van der Waals surface area contributed by atoms with Crippen LogP contribution in [-0.2, 0) is 4.74 Å². The number of hydrogen-bond acceptors (Lipinski definition) is 3. The molecule has 2 aromatic rings. The predicted molar refractivity (Wildman–Crippen MR) is 76.2 cm³/mol. The second-order valence-corrected chi connectivity index (χ2v) is 5.52. The zero-order valence-corrected chi connectivity index (χ0v) is 11.9. The number of nitrogens with zero attached hydrogens (tertiary/aromatic N) is 1. The van der Waals surface area contributed by atoms with Crippen LogP contribution < -0.4 is 4.74 Å². The smallest absolute Gasteiger partial charge is 0.146 e. The van der Waals surface area contributed by atoms with Crippen molar-refractivity contribution in [3.63, 3.8) is 0 Å². The first-order valence-corrected chi connectivity index (χ1v) is 6.89. The van der Waals surface area contributed by atoms with Crippen molar-refractivity contribution in [1.82, 2.24) is 4.98 Å². The summed E-state index contributed by atoms with van der Waals surface area (Å²) >= 11 is 12.2. The van der Waals surface area contributed by atoms with Crippen LogP contribution in [0.25, 0.3) is 10.9 Å². The van der Waals surface area contributed by atoms with Crippen LogP contribution in [0, 0.1) is 0 Å². The van der Waals surface area contributed by atoms with Gasteiger partial charge in [0.1, 0.15) is 23.5 Å². The zero-order valence-electron chi connectivity index (χ0n) is 10.3. The topological polar surface area (TPSA) is 31.4 Å². The molecule has 100 valence electrons. The van der Waals surface area contributed by atoms with Gasteiger partial charge >= 0.3 is 0 Å². The molecular formula is C14H13Cl2NO2. The number of aromatic nitrogens is 1. The molecule has 1 saturated carbocycles. The first-order chi connectivity index (χ1) is 9.20. The maximum absolute atomic E-state index is 6.15. The maximum atomic E-state index is 6.15. The Labute approximate surface area is 121 Å². The molecule has 0 saturated heterocycles. The average molecular weight is 298 g/mol. The van der Waals surface area contributed by atoms with E-state index in [1.54, 1.807) is 13.3 Å². The van der Waals surface area contributed by atoms with Gasteiger partial charge in [0.05, 0.1) is 10.4 Å². The Morgan fingerprint density at radius 1 is 1.32 bits per heavy atom. The molecule has 3 nitrogen and oxygen atoms in total. The van der Waals surface area contributed by atoms with Crippen LogP contribution in [0.5, 0.6) is 5.75 Å². The molecule has 1 fully saturated rings. The van der Waals surface area contributed by atoms with Gasteiger partial charge < -0.3 is 9.47 Å². The molecule has 3 unspecified atom stereocenters. The third-order valence-corrected chi connectivity index (χ3v) is 4.17. The van der Waals surface area contributed by atoms with Gasteiger partial charge in [0.25, 0.3) is 0 Å². The molecule has 0 aliphatic heterocycles. The largest absolute Gasteiger partial charge is 0.485 e. The molecule has 0 amide bonds. The Kier molecular flexibility index (Phi) is 3.52. The highest BCUT2D eigenvalue weighted by molar-refractivity contribution is 6.35. The van der Waals surface area contributed by atoms with E-state index in [0.29, 0.717) is 5.02 Å². The Bertz CT molecular complexity index is 605. The highest BCUT2D eigenvalue weighted by atomic mass is 35.5. The Morgan fingerprint density at radius 3 is 2.89 bits per heavy atom. The molecule has 0 radical (unpaired) electrons. The first kappa shape index (κ1) is 13.0. The second-order valence-electron chi connectivity index (χ2n) is 4.55. The van der Waals surface area contributed by atoms with E-state index in [4.69, 9.17) is 32.7 Å². The number of ether oxygens (including phenoxy) is 2. The standard InChI is InChI=1S/C14H13Cl2NO2/c1-18-14-10(16)7-12(14)19-11-5-4-9(15)8-3-2-6-17-13(8)11/h2-6,10,12,14H,7H2,1H3. The minimum atomic E-state index is -0.0730. The van der Waals surface area contributed by atoms with E-state index in [2.05, 4.69) is 4.98 Å². The summed E-state index contributed by atoms with van der Waals surface area (Å²) in [6, 6.07) is 7.44. The summed E-state index contributed by atoms with van der Waals surface area (Å²) in [5.41, 5.74) is 0.767. The van der Waals surface area contributed by atoms with Crippen LogP contribution in [0.15, 0.2) is 30.5 Å². The Morgan fingerprint density at radius 2 is 2.16 bits per heavy atom. The van der Waals surface area contributed by atoms with Gasteiger partial charge in [-0.05, 0) is 24.3 Å². The van der Waals surface area contributed by atoms with Crippen molar-refractivity contribution in [2.45, 2.75) is 24.0 Å². The van der Waals surface area contributed by atoms with Gasteiger partial charge in [0, 0.05) is 25.1 Å². The minimum absolute atomic E-state index is 0.0153. The zero-order chi connectivity index (χ0) is 13.4. The van der Waals surface area contributed by atoms with Crippen molar-refractivity contribution in [3.05, 3.63) is 35.5 Å². The van der Waals surface area contributed by atoms with Crippen molar-refractivity contribution < 1.29 is 9.47 Å². The molecule has 1 heterocycles. The van der Waals surface area contributed by atoms with Crippen molar-refractivity contribution in [3.8, 4) is 5.75 Å². The van der Waals surface area contributed by atoms with Crippen LogP contribution in [0.2, 0.25) is 5.02 Å². The number of benzene rings is 1. The Balaban J connectivity index is 1.92. The van der Waals surface area contributed by atoms with Crippen LogP contribution in [-0.4, -0.2) is 29.7 Å². The summed E-state index contributed by atoms with van der Waals surface area (Å²) in [7, 11) is 1.65. The van der Waals surface area contributed by atoms with Gasteiger partial charge in [-0.1, -0.05) is 11.6 Å². The highest BCUT2D eigenvalue weighted by Gasteiger charge is 2.42. The maximum Gasteiger partial charge on any atom is 0.146 e. The molecule has 0 N–H and O–H groups in total. The van der Waals surface area contributed by atoms with E-state index in [1.165, 1.54) is 0 Å². The highest BCUT2D eigenvalue weighted by Crippen LogP contribution is 2.36. The van der Waals surface area contributed by atoms with Crippen LogP contribution in [0.3, 0.4) is 0 Å². The first-order valence-electron chi connectivity index (χ1n) is 6.07. The number of rotatable bonds is 3. The molecule has 0 bridgehead atoms. The van der Waals surface area contributed by atoms with Crippen LogP contribution in [0.4, 0.5) is 0 Å². The van der Waals surface area contributed by atoms with Crippen molar-refractivity contribution in [2.24, 2.45) is 0 Å². The van der Waals surface area contributed by atoms with E-state index in [1.807, 2.05) is 24.3 Å². The number of hydrogen-bond donors (Lipinski definition) is 0. The van der Waals surface area contributed by atoms with E-state index < -0.39 is 0 Å². The normalized spacial score (nSPS) is 26.2. The number of methoxy groups -OCH3 is 1. The van der Waals surface area contributed by atoms with Crippen molar-refractivity contribution in [1.29, 1.82) is 0 Å². The molecule has 1 aromatic heterocycles. The molecule has 1 aliphatic carbocycles. The van der Waals surface area contributed by atoms with Gasteiger partial charge in [-0.15, -0.1) is 11.6 Å². The summed E-state index contributed by atoms with van der Waals surface area (Å²) in [5, 5.41) is 1.57. The monoisotopic (exact) mass is 297 g/mol. The summed E-state index contributed by atoms with van der Waals surface area (Å²) in [6.45, 7) is 0. The van der Waals surface area contributed by atoms with E-state index in [-0.39, 0.29) is 17.6 Å². The van der Waals surface area contributed by atoms with Gasteiger partial charge in [-0.3, -0.25) is 4.98 Å². The SMILES string of the molecule is COC1C(Cl)CC1Oc1ccc(Cl)c2cccnc12. The van der Waals surface area contributed by atoms with Crippen LogP contribution >= 0.6 is 23.2 Å². The predicted octanol–water partition coefficient (Wildman–Crippen LogP) is 3.66. The molecule has 5 heteroatoms. The van der Waals surface area contributed by atoms with Gasteiger partial charge in [-0.25, -0.2) is 0 Å². The summed E-state index contributed by atoms with van der Waals surface area (Å²) in [5.74, 6) is 0.718. The lowest BCUT2D eigenvalue weighted by Gasteiger charge is -2.39. The number of halogens is 2. The van der Waals surface area contributed by atoms with E-state index >= 15 is 0 Å². The van der Waals surface area contributed by atoms with Crippen LogP contribution in [0.1, 0.15) is 6.42 Å². The lowest BCUT2D eigenvalue weighted by molar-refractivity contribution is -0.0578. The average Bonchev–Trinajstić information content (AvgIpc) is 2.41. The number of alkyl halides is 1. The quantitative estimate of drug-likeness (QED) is 0.810. The second kappa shape index (κ2) is 5.16. The third kappa shape index (κ3) is 2.27. The van der Waals surface area contributed by atoms with Crippen molar-refractivity contribution in [2.75, 3.05) is 7.11 Å².